The number of carbonyl (C=O) groups is 1. The number of hydrogen-bond acceptors (Lipinski definition) is 4. The first-order valence-electron chi connectivity index (χ1n) is 8.10. The lowest BCUT2D eigenvalue weighted by Crippen LogP contribution is -2.38. The Kier molecular flexibility index (Phi) is 6.36. The maximum atomic E-state index is 12.1. The normalized spacial score (nSPS) is 10.8. The minimum absolute atomic E-state index is 0.115. The molecular weight excluding hydrogens is 350 g/mol. The van der Waals surface area contributed by atoms with E-state index >= 15 is 0 Å². The van der Waals surface area contributed by atoms with Crippen LogP contribution in [0.2, 0.25) is 0 Å². The summed E-state index contributed by atoms with van der Waals surface area (Å²) >= 11 is 0. The second-order valence-electron chi connectivity index (χ2n) is 5.95. The molecule has 2 aromatic carbocycles. The highest BCUT2D eigenvalue weighted by molar-refractivity contribution is 7.92. The summed E-state index contributed by atoms with van der Waals surface area (Å²) in [5, 5.41) is 11.6. The number of rotatable bonds is 7. The van der Waals surface area contributed by atoms with E-state index in [1.165, 1.54) is 4.31 Å². The molecule has 1 amide bonds. The summed E-state index contributed by atoms with van der Waals surface area (Å²) in [5.41, 5.74) is 2.89. The average Bonchev–Trinajstić information content (AvgIpc) is 2.60. The largest absolute Gasteiger partial charge is 0.354 e. The van der Waals surface area contributed by atoms with Crippen LogP contribution >= 0.6 is 0 Å². The van der Waals surface area contributed by atoms with Gasteiger partial charge in [0.25, 0.3) is 0 Å². The van der Waals surface area contributed by atoms with E-state index in [0.717, 1.165) is 17.4 Å². The number of anilines is 1. The summed E-state index contributed by atoms with van der Waals surface area (Å²) in [6, 6.07) is 15.9. The zero-order valence-electron chi connectivity index (χ0n) is 14.8. The van der Waals surface area contributed by atoms with Crippen molar-refractivity contribution in [2.24, 2.45) is 0 Å². The van der Waals surface area contributed by atoms with Crippen LogP contribution in [0.25, 0.3) is 0 Å². The van der Waals surface area contributed by atoms with Crippen molar-refractivity contribution in [1.82, 2.24) is 5.32 Å². The lowest BCUT2D eigenvalue weighted by molar-refractivity contribution is -0.120. The lowest BCUT2D eigenvalue weighted by Gasteiger charge is -2.22. The van der Waals surface area contributed by atoms with Gasteiger partial charge in [-0.2, -0.15) is 5.26 Å². The van der Waals surface area contributed by atoms with Gasteiger partial charge in [0, 0.05) is 6.54 Å². The number of benzene rings is 2. The first kappa shape index (κ1) is 19.5. The highest BCUT2D eigenvalue weighted by Crippen LogP contribution is 2.17. The number of aryl methyl sites for hydroxylation is 1. The van der Waals surface area contributed by atoms with E-state index in [1.54, 1.807) is 24.3 Å². The monoisotopic (exact) mass is 371 g/mol. The van der Waals surface area contributed by atoms with Crippen LogP contribution in [0, 0.1) is 18.3 Å². The predicted octanol–water partition coefficient (Wildman–Crippen LogP) is 1.99. The van der Waals surface area contributed by atoms with E-state index in [-0.39, 0.29) is 25.4 Å². The van der Waals surface area contributed by atoms with Gasteiger partial charge in [-0.3, -0.25) is 9.10 Å². The van der Waals surface area contributed by atoms with Crippen molar-refractivity contribution < 1.29 is 13.2 Å². The van der Waals surface area contributed by atoms with Crippen molar-refractivity contribution >= 4 is 21.6 Å². The molecule has 0 aromatic heterocycles. The summed E-state index contributed by atoms with van der Waals surface area (Å²) < 4.78 is 25.3. The van der Waals surface area contributed by atoms with Gasteiger partial charge in [0.2, 0.25) is 15.9 Å². The van der Waals surface area contributed by atoms with Gasteiger partial charge in [0.15, 0.2) is 0 Å². The number of amides is 1. The zero-order chi connectivity index (χ0) is 19.2. The fourth-order valence-corrected chi connectivity index (χ4v) is 3.46. The Morgan fingerprint density at radius 3 is 2.38 bits per heavy atom. The van der Waals surface area contributed by atoms with Crippen LogP contribution in [0.5, 0.6) is 0 Å². The third-order valence-electron chi connectivity index (χ3n) is 3.93. The molecule has 0 atom stereocenters. The Morgan fingerprint density at radius 1 is 1.15 bits per heavy atom. The molecule has 0 saturated heterocycles. The molecule has 1 N–H and O–H groups in total. The van der Waals surface area contributed by atoms with Gasteiger partial charge in [-0.1, -0.05) is 24.3 Å². The quantitative estimate of drug-likeness (QED) is 0.806. The van der Waals surface area contributed by atoms with Crippen LogP contribution in [0.1, 0.15) is 16.7 Å². The molecule has 0 heterocycles. The van der Waals surface area contributed by atoms with E-state index in [4.69, 9.17) is 5.26 Å². The SMILES string of the molecule is Cc1ccccc1CC(=O)NCCN(c1ccc(C#N)cc1)S(C)(=O)=O. The fourth-order valence-electron chi connectivity index (χ4n) is 2.53. The molecule has 0 radical (unpaired) electrons. The maximum Gasteiger partial charge on any atom is 0.232 e. The Balaban J connectivity index is 1.98. The molecule has 0 bridgehead atoms. The standard InChI is InChI=1S/C19H21N3O3S/c1-15-5-3-4-6-17(15)13-19(23)21-11-12-22(26(2,24)25)18-9-7-16(14-20)8-10-18/h3-10H,11-13H2,1-2H3,(H,21,23). The van der Waals surface area contributed by atoms with Crippen molar-refractivity contribution in [3.63, 3.8) is 0 Å². The van der Waals surface area contributed by atoms with Crippen molar-refractivity contribution in [1.29, 1.82) is 5.26 Å². The molecule has 136 valence electrons. The average molecular weight is 371 g/mol. The Hall–Kier alpha value is -2.85. The minimum Gasteiger partial charge on any atom is -0.354 e. The van der Waals surface area contributed by atoms with Gasteiger partial charge in [0.1, 0.15) is 0 Å². The molecule has 6 nitrogen and oxygen atoms in total. The lowest BCUT2D eigenvalue weighted by atomic mass is 10.1. The second-order valence-corrected chi connectivity index (χ2v) is 7.85. The first-order valence-corrected chi connectivity index (χ1v) is 9.95. The van der Waals surface area contributed by atoms with Crippen LogP contribution in [0.3, 0.4) is 0 Å². The molecule has 0 aliphatic heterocycles. The summed E-state index contributed by atoms with van der Waals surface area (Å²) in [7, 11) is -3.50. The Bertz CT molecular complexity index is 916. The smallest absolute Gasteiger partial charge is 0.232 e. The van der Waals surface area contributed by atoms with Gasteiger partial charge in [-0.15, -0.1) is 0 Å². The predicted molar refractivity (Wildman–Crippen MR) is 101 cm³/mol. The molecular formula is C19H21N3O3S. The molecule has 7 heteroatoms. The number of hydrogen-bond donors (Lipinski definition) is 1. The molecule has 2 rings (SSSR count). The van der Waals surface area contributed by atoms with Crippen LogP contribution < -0.4 is 9.62 Å². The molecule has 0 aliphatic rings. The third kappa shape index (κ3) is 5.33. The van der Waals surface area contributed by atoms with E-state index in [2.05, 4.69) is 5.32 Å². The van der Waals surface area contributed by atoms with Crippen LogP contribution in [-0.4, -0.2) is 33.7 Å². The first-order chi connectivity index (χ1) is 12.3. The summed E-state index contributed by atoms with van der Waals surface area (Å²) in [5.74, 6) is -0.160. The Labute approximate surface area is 154 Å². The maximum absolute atomic E-state index is 12.1. The summed E-state index contributed by atoms with van der Waals surface area (Å²) in [4.78, 5) is 12.1. The molecule has 0 saturated carbocycles. The second kappa shape index (κ2) is 8.50. The Morgan fingerprint density at radius 2 is 1.81 bits per heavy atom. The molecule has 0 spiro atoms. The minimum atomic E-state index is -3.50. The topological polar surface area (TPSA) is 90.3 Å². The summed E-state index contributed by atoms with van der Waals surface area (Å²) in [6.07, 6.45) is 1.36. The third-order valence-corrected chi connectivity index (χ3v) is 5.13. The van der Waals surface area contributed by atoms with Crippen LogP contribution in [0.15, 0.2) is 48.5 Å². The van der Waals surface area contributed by atoms with Gasteiger partial charge in [-0.05, 0) is 42.3 Å². The molecule has 0 fully saturated rings. The van der Waals surface area contributed by atoms with E-state index in [9.17, 15) is 13.2 Å². The van der Waals surface area contributed by atoms with Crippen LogP contribution in [0.4, 0.5) is 5.69 Å². The molecule has 0 unspecified atom stereocenters. The van der Waals surface area contributed by atoms with Crippen molar-refractivity contribution in [2.75, 3.05) is 23.7 Å². The summed E-state index contributed by atoms with van der Waals surface area (Å²) in [6.45, 7) is 2.25. The fraction of sp³-hybridized carbons (Fsp3) is 0.263. The van der Waals surface area contributed by atoms with Crippen molar-refractivity contribution in [3.05, 3.63) is 65.2 Å². The van der Waals surface area contributed by atoms with Gasteiger partial charge < -0.3 is 5.32 Å². The molecule has 2 aromatic rings. The van der Waals surface area contributed by atoms with E-state index in [1.807, 2.05) is 37.3 Å². The number of nitriles is 1. The van der Waals surface area contributed by atoms with E-state index in [0.29, 0.717) is 11.3 Å². The molecule has 0 aliphatic carbocycles. The van der Waals surface area contributed by atoms with E-state index < -0.39 is 10.0 Å². The number of nitrogens with zero attached hydrogens (tertiary/aromatic N) is 2. The van der Waals surface area contributed by atoms with Gasteiger partial charge in [-0.25, -0.2) is 8.42 Å². The van der Waals surface area contributed by atoms with Crippen LogP contribution in [-0.2, 0) is 21.2 Å². The highest BCUT2D eigenvalue weighted by Gasteiger charge is 2.17. The van der Waals surface area contributed by atoms with Crippen molar-refractivity contribution in [3.8, 4) is 6.07 Å². The van der Waals surface area contributed by atoms with Gasteiger partial charge in [0.05, 0.1) is 36.5 Å². The van der Waals surface area contributed by atoms with Gasteiger partial charge >= 0.3 is 0 Å². The highest BCUT2D eigenvalue weighted by atomic mass is 32.2. The number of nitrogens with one attached hydrogen (secondary N) is 1. The van der Waals surface area contributed by atoms with Crippen molar-refractivity contribution in [2.45, 2.75) is 13.3 Å². The molecule has 26 heavy (non-hydrogen) atoms. The number of sulfonamides is 1. The zero-order valence-corrected chi connectivity index (χ0v) is 15.6. The number of carbonyl (C=O) groups excluding carboxylic acids is 1.